The summed E-state index contributed by atoms with van der Waals surface area (Å²) in [6, 6.07) is 3.27. The first-order chi connectivity index (χ1) is 7.16. The molecule has 0 bridgehead atoms. The molecular formula is C10H7ClFN3. The van der Waals surface area contributed by atoms with Crippen molar-refractivity contribution in [1.29, 1.82) is 0 Å². The number of halogens is 2. The highest BCUT2D eigenvalue weighted by molar-refractivity contribution is 6.29. The van der Waals surface area contributed by atoms with Gasteiger partial charge in [-0.15, -0.1) is 0 Å². The van der Waals surface area contributed by atoms with Crippen molar-refractivity contribution in [1.82, 2.24) is 15.0 Å². The van der Waals surface area contributed by atoms with Gasteiger partial charge in [-0.3, -0.25) is 0 Å². The normalized spacial score (nSPS) is 10.3. The van der Waals surface area contributed by atoms with Crippen LogP contribution in [0.3, 0.4) is 0 Å². The summed E-state index contributed by atoms with van der Waals surface area (Å²) in [5, 5.41) is 0.349. The molecular weight excluding hydrogens is 217 g/mol. The van der Waals surface area contributed by atoms with Gasteiger partial charge in [-0.05, 0) is 13.0 Å². The Kier molecular flexibility index (Phi) is 2.60. The van der Waals surface area contributed by atoms with Crippen LogP contribution >= 0.6 is 11.6 Å². The predicted octanol–water partition coefficient (Wildman–Crippen LogP) is 2.64. The first-order valence-corrected chi connectivity index (χ1v) is 4.64. The summed E-state index contributed by atoms with van der Waals surface area (Å²) in [7, 11) is 0. The highest BCUT2D eigenvalue weighted by Gasteiger charge is 2.04. The van der Waals surface area contributed by atoms with E-state index in [-0.39, 0.29) is 0 Å². The Bertz CT molecular complexity index is 502. The van der Waals surface area contributed by atoms with E-state index in [4.69, 9.17) is 11.6 Å². The molecule has 0 fully saturated rings. The minimum Gasteiger partial charge on any atom is -0.236 e. The maximum atomic E-state index is 12.9. The molecule has 0 amide bonds. The quantitative estimate of drug-likeness (QED) is 0.551. The van der Waals surface area contributed by atoms with Crippen molar-refractivity contribution in [3.63, 3.8) is 0 Å². The fourth-order valence-corrected chi connectivity index (χ4v) is 1.34. The summed E-state index contributed by atoms with van der Waals surface area (Å²) in [5.74, 6) is -0.473. The van der Waals surface area contributed by atoms with E-state index in [9.17, 15) is 4.39 Å². The van der Waals surface area contributed by atoms with E-state index >= 15 is 0 Å². The van der Waals surface area contributed by atoms with Gasteiger partial charge in [-0.1, -0.05) is 11.6 Å². The van der Waals surface area contributed by atoms with E-state index in [2.05, 4.69) is 15.0 Å². The number of hydrogen-bond donors (Lipinski definition) is 0. The molecule has 0 atom stereocenters. The van der Waals surface area contributed by atoms with Crippen molar-refractivity contribution in [3.8, 4) is 11.3 Å². The Morgan fingerprint density at radius 3 is 2.67 bits per heavy atom. The fraction of sp³-hybridized carbons (Fsp3) is 0.100. The van der Waals surface area contributed by atoms with Crippen molar-refractivity contribution in [2.24, 2.45) is 0 Å². The average molecular weight is 224 g/mol. The van der Waals surface area contributed by atoms with Crippen LogP contribution in [0.25, 0.3) is 11.3 Å². The Morgan fingerprint density at radius 1 is 1.20 bits per heavy atom. The monoisotopic (exact) mass is 223 g/mol. The molecule has 2 heterocycles. The molecule has 5 heteroatoms. The summed E-state index contributed by atoms with van der Waals surface area (Å²) in [5.41, 5.74) is 1.83. The lowest BCUT2D eigenvalue weighted by molar-refractivity contribution is 0.575. The summed E-state index contributed by atoms with van der Waals surface area (Å²) >= 11 is 5.72. The number of nitrogens with zero attached hydrogens (tertiary/aromatic N) is 3. The van der Waals surface area contributed by atoms with Crippen LogP contribution < -0.4 is 0 Å². The van der Waals surface area contributed by atoms with E-state index in [1.54, 1.807) is 19.1 Å². The van der Waals surface area contributed by atoms with E-state index < -0.39 is 5.95 Å². The van der Waals surface area contributed by atoms with Gasteiger partial charge in [0.25, 0.3) is 0 Å². The summed E-state index contributed by atoms with van der Waals surface area (Å²) in [4.78, 5) is 11.4. The lowest BCUT2D eigenvalue weighted by atomic mass is 10.1. The minimum atomic E-state index is -0.473. The molecule has 2 aromatic heterocycles. The average Bonchev–Trinajstić information content (AvgIpc) is 2.22. The molecule has 0 aliphatic carbocycles. The van der Waals surface area contributed by atoms with Crippen LogP contribution in [0.2, 0.25) is 5.15 Å². The number of aromatic nitrogens is 3. The van der Waals surface area contributed by atoms with Crippen molar-refractivity contribution in [2.45, 2.75) is 6.92 Å². The zero-order valence-corrected chi connectivity index (χ0v) is 8.66. The molecule has 3 nitrogen and oxygen atoms in total. The molecule has 2 rings (SSSR count). The molecule has 0 saturated carbocycles. The van der Waals surface area contributed by atoms with Crippen LogP contribution in [0.1, 0.15) is 5.56 Å². The van der Waals surface area contributed by atoms with Gasteiger partial charge >= 0.3 is 0 Å². The molecule has 0 N–H and O–H groups in total. The van der Waals surface area contributed by atoms with Gasteiger partial charge in [-0.25, -0.2) is 15.0 Å². The van der Waals surface area contributed by atoms with Gasteiger partial charge in [0.2, 0.25) is 5.95 Å². The van der Waals surface area contributed by atoms with Crippen molar-refractivity contribution < 1.29 is 4.39 Å². The van der Waals surface area contributed by atoms with Crippen LogP contribution in [0.15, 0.2) is 24.7 Å². The highest BCUT2D eigenvalue weighted by Crippen LogP contribution is 2.19. The van der Waals surface area contributed by atoms with Crippen LogP contribution in [0, 0.1) is 12.9 Å². The van der Waals surface area contributed by atoms with Gasteiger partial charge in [0, 0.05) is 23.4 Å². The van der Waals surface area contributed by atoms with Gasteiger partial charge in [0.15, 0.2) is 0 Å². The number of hydrogen-bond acceptors (Lipinski definition) is 3. The molecule has 0 unspecified atom stereocenters. The van der Waals surface area contributed by atoms with Crippen molar-refractivity contribution in [3.05, 3.63) is 41.3 Å². The van der Waals surface area contributed by atoms with Gasteiger partial charge < -0.3 is 0 Å². The second-order valence-corrected chi connectivity index (χ2v) is 3.44. The first-order valence-electron chi connectivity index (χ1n) is 4.27. The summed E-state index contributed by atoms with van der Waals surface area (Å²) < 4.78 is 12.9. The van der Waals surface area contributed by atoms with Crippen LogP contribution in [0.4, 0.5) is 4.39 Å². The second-order valence-electron chi connectivity index (χ2n) is 3.06. The van der Waals surface area contributed by atoms with Gasteiger partial charge in [0.1, 0.15) is 11.5 Å². The first kappa shape index (κ1) is 9.98. The highest BCUT2D eigenvalue weighted by atomic mass is 35.5. The SMILES string of the molecule is Cc1cc(-c2cc(Cl)ncn2)cnc1F. The number of aryl methyl sites for hydroxylation is 1. The standard InChI is InChI=1S/C10H7ClFN3/c1-6-2-7(4-13-10(6)12)8-3-9(11)15-5-14-8/h2-5H,1H3. The van der Waals surface area contributed by atoms with E-state index in [1.165, 1.54) is 12.5 Å². The van der Waals surface area contributed by atoms with Crippen LogP contribution in [-0.2, 0) is 0 Å². The molecule has 0 aromatic carbocycles. The fourth-order valence-electron chi connectivity index (χ4n) is 1.19. The van der Waals surface area contributed by atoms with Crippen LogP contribution in [-0.4, -0.2) is 15.0 Å². The van der Waals surface area contributed by atoms with Crippen molar-refractivity contribution in [2.75, 3.05) is 0 Å². The van der Waals surface area contributed by atoms with Crippen LogP contribution in [0.5, 0.6) is 0 Å². The second kappa shape index (κ2) is 3.90. The van der Waals surface area contributed by atoms with E-state index in [1.807, 2.05) is 0 Å². The zero-order valence-electron chi connectivity index (χ0n) is 7.91. The third-order valence-electron chi connectivity index (χ3n) is 1.94. The topological polar surface area (TPSA) is 38.7 Å². The predicted molar refractivity (Wildman–Crippen MR) is 55.0 cm³/mol. The molecule has 0 aliphatic rings. The maximum Gasteiger partial charge on any atom is 0.215 e. The largest absolute Gasteiger partial charge is 0.236 e. The molecule has 2 aromatic rings. The Hall–Kier alpha value is -1.55. The Morgan fingerprint density at radius 2 is 2.00 bits per heavy atom. The summed E-state index contributed by atoms with van der Waals surface area (Å²) in [6.45, 7) is 1.65. The Labute approximate surface area is 91.0 Å². The molecule has 0 spiro atoms. The third kappa shape index (κ3) is 2.10. The van der Waals surface area contributed by atoms with Gasteiger partial charge in [-0.2, -0.15) is 4.39 Å². The minimum absolute atomic E-state index is 0.349. The van der Waals surface area contributed by atoms with Crippen molar-refractivity contribution >= 4 is 11.6 Å². The number of rotatable bonds is 1. The van der Waals surface area contributed by atoms with Gasteiger partial charge in [0.05, 0.1) is 5.69 Å². The third-order valence-corrected chi connectivity index (χ3v) is 2.15. The lowest BCUT2D eigenvalue weighted by Crippen LogP contribution is -1.91. The lowest BCUT2D eigenvalue weighted by Gasteiger charge is -2.01. The molecule has 15 heavy (non-hydrogen) atoms. The molecule has 0 saturated heterocycles. The molecule has 0 aliphatic heterocycles. The Balaban J connectivity index is 2.50. The number of pyridine rings is 1. The van der Waals surface area contributed by atoms with E-state index in [0.717, 1.165) is 5.56 Å². The maximum absolute atomic E-state index is 12.9. The smallest absolute Gasteiger partial charge is 0.215 e. The summed E-state index contributed by atoms with van der Waals surface area (Å²) in [6.07, 6.45) is 2.78. The van der Waals surface area contributed by atoms with E-state index in [0.29, 0.717) is 16.4 Å². The molecule has 76 valence electrons. The zero-order chi connectivity index (χ0) is 10.8. The molecule has 0 radical (unpaired) electrons.